The van der Waals surface area contributed by atoms with Crippen LogP contribution in [0.25, 0.3) is 0 Å². The highest BCUT2D eigenvalue weighted by Gasteiger charge is 2.46. The molecule has 4 unspecified atom stereocenters. The van der Waals surface area contributed by atoms with Crippen LogP contribution in [0.4, 0.5) is 35.1 Å². The first-order valence-electron chi connectivity index (χ1n) is 21.2. The number of ether oxygens (including phenoxy) is 5. The number of alkyl halides is 6. The van der Waals surface area contributed by atoms with Crippen molar-refractivity contribution >= 4 is 0 Å². The number of benzene rings is 6. The molecule has 0 amide bonds. The lowest BCUT2D eigenvalue weighted by molar-refractivity contribution is -0.170. The average Bonchev–Trinajstić information content (AvgIpc) is 3.73. The fourth-order valence-corrected chi connectivity index (χ4v) is 8.60. The number of rotatable bonds is 14. The van der Waals surface area contributed by atoms with Crippen LogP contribution < -0.4 is 18.9 Å². The van der Waals surface area contributed by atoms with E-state index in [4.69, 9.17) is 23.7 Å². The molecule has 0 saturated carbocycles. The Hall–Kier alpha value is -6.08. The Bertz CT molecular complexity index is 2450. The largest absolute Gasteiger partial charge is 0.487 e. The Labute approximate surface area is 371 Å². The Balaban J connectivity index is 1.25. The average molecular weight is 903 g/mol. The molecule has 6 aromatic carbocycles. The maximum absolute atomic E-state index is 15.5. The first kappa shape index (κ1) is 45.5. The van der Waals surface area contributed by atoms with Gasteiger partial charge in [0.2, 0.25) is 0 Å². The third kappa shape index (κ3) is 10.7. The number of para-hydroxylation sites is 2. The van der Waals surface area contributed by atoms with E-state index >= 15 is 35.1 Å². The summed E-state index contributed by atoms with van der Waals surface area (Å²) in [5.41, 5.74) is -0.462. The molecule has 8 rings (SSSR count). The zero-order valence-corrected chi connectivity index (χ0v) is 35.9. The van der Waals surface area contributed by atoms with Crippen molar-refractivity contribution in [2.24, 2.45) is 0 Å². The summed E-state index contributed by atoms with van der Waals surface area (Å²) in [6, 6.07) is 31.5. The summed E-state index contributed by atoms with van der Waals surface area (Å²) in [7, 11) is 0. The Morgan fingerprint density at radius 1 is 0.492 bits per heavy atom. The van der Waals surface area contributed by atoms with Crippen molar-refractivity contribution in [1.29, 1.82) is 0 Å². The van der Waals surface area contributed by atoms with E-state index < -0.39 is 72.1 Å². The molecule has 6 aromatic rings. The Morgan fingerprint density at radius 2 is 0.862 bits per heavy atom. The predicted molar refractivity (Wildman–Crippen MR) is 229 cm³/mol. The van der Waals surface area contributed by atoms with Gasteiger partial charge in [-0.3, -0.25) is 0 Å². The normalized spacial score (nSPS) is 16.9. The summed E-state index contributed by atoms with van der Waals surface area (Å²) in [6.45, 7) is 7.27. The highest BCUT2D eigenvalue weighted by Crippen LogP contribution is 2.50. The highest BCUT2D eigenvalue weighted by atomic mass is 19.4. The van der Waals surface area contributed by atoms with E-state index in [0.29, 0.717) is 35.5 Å². The zero-order valence-electron chi connectivity index (χ0n) is 35.9. The molecule has 0 radical (unpaired) electrons. The molecule has 340 valence electrons. The van der Waals surface area contributed by atoms with Crippen molar-refractivity contribution in [3.63, 3.8) is 0 Å². The van der Waals surface area contributed by atoms with Crippen LogP contribution in [-0.4, -0.2) is 23.6 Å². The molecule has 0 fully saturated rings. The summed E-state index contributed by atoms with van der Waals surface area (Å²) in [5.74, 6) is -5.51. The van der Waals surface area contributed by atoms with Gasteiger partial charge in [0.1, 0.15) is 34.2 Å². The third-order valence-corrected chi connectivity index (χ3v) is 11.6. The van der Waals surface area contributed by atoms with E-state index in [1.54, 1.807) is 60.7 Å². The monoisotopic (exact) mass is 902 g/mol. The fraction of sp³-hybridized carbons (Fsp3) is 0.308. The first-order valence-corrected chi connectivity index (χ1v) is 21.2. The van der Waals surface area contributed by atoms with Crippen LogP contribution in [0.1, 0.15) is 98.0 Å². The second-order valence-corrected chi connectivity index (χ2v) is 17.8. The summed E-state index contributed by atoms with van der Waals surface area (Å²) in [4.78, 5) is 0. The van der Waals surface area contributed by atoms with E-state index in [1.165, 1.54) is 60.7 Å². The topological polar surface area (TPSA) is 46.2 Å². The van der Waals surface area contributed by atoms with Crippen LogP contribution in [0.3, 0.4) is 0 Å². The summed E-state index contributed by atoms with van der Waals surface area (Å²) in [5, 5.41) is 0. The molecular weight excluding hydrogens is 857 g/mol. The maximum Gasteiger partial charge on any atom is 0.395 e. The van der Waals surface area contributed by atoms with Gasteiger partial charge in [-0.15, -0.1) is 0 Å². The third-order valence-electron chi connectivity index (χ3n) is 11.6. The predicted octanol–water partition coefficient (Wildman–Crippen LogP) is 15.2. The van der Waals surface area contributed by atoms with Crippen molar-refractivity contribution < 1.29 is 58.8 Å². The number of hydrogen-bond acceptors (Lipinski definition) is 5. The van der Waals surface area contributed by atoms with Gasteiger partial charge in [-0.2, -0.15) is 26.3 Å². The molecule has 0 N–H and O–H groups in total. The van der Waals surface area contributed by atoms with Gasteiger partial charge in [0.25, 0.3) is 0 Å². The molecule has 2 heterocycles. The Morgan fingerprint density at radius 3 is 1.23 bits per heavy atom. The minimum absolute atomic E-state index is 0.00875. The zero-order chi connectivity index (χ0) is 46.3. The van der Waals surface area contributed by atoms with Crippen molar-refractivity contribution in [2.75, 3.05) is 0 Å². The maximum atomic E-state index is 15.5. The van der Waals surface area contributed by atoms with Crippen molar-refractivity contribution in [2.45, 2.75) is 101 Å². The standard InChI is InChI=1S/C52H46F8O5/c1-49(2)29-35-23-31(17-21-43(35)64-49)39(51(55,56)57)27-45(33-15-19-41(53)47(25-33)61-37-11-7-5-8-12-37)63-46(34-16-20-42(54)48(26-34)62-38-13-9-6-10-14-38)28-40(52(58,59)60)32-18-22-44-36(24-32)30-50(3,4)65-44/h5-26,39-40,45-46H,27-30H2,1-4H3. The molecule has 2 aliphatic rings. The van der Waals surface area contributed by atoms with Gasteiger partial charge in [0, 0.05) is 12.8 Å². The van der Waals surface area contributed by atoms with E-state index in [9.17, 15) is 0 Å². The summed E-state index contributed by atoms with van der Waals surface area (Å²) >= 11 is 0. The van der Waals surface area contributed by atoms with Gasteiger partial charge in [0.05, 0.1) is 24.0 Å². The first-order chi connectivity index (χ1) is 30.7. The summed E-state index contributed by atoms with van der Waals surface area (Å²) in [6.07, 6.45) is -14.1. The van der Waals surface area contributed by atoms with Crippen LogP contribution in [0.15, 0.2) is 133 Å². The minimum atomic E-state index is -4.90. The molecule has 5 nitrogen and oxygen atoms in total. The lowest BCUT2D eigenvalue weighted by atomic mass is 9.86. The fourth-order valence-electron chi connectivity index (χ4n) is 8.60. The molecule has 0 spiro atoms. The van der Waals surface area contributed by atoms with Gasteiger partial charge in [-0.05, 0) is 135 Å². The molecule has 0 aromatic heterocycles. The molecular formula is C52H46F8O5. The van der Waals surface area contributed by atoms with Crippen molar-refractivity contribution in [1.82, 2.24) is 0 Å². The smallest absolute Gasteiger partial charge is 0.395 e. The molecule has 2 aliphatic heterocycles. The van der Waals surface area contributed by atoms with Crippen LogP contribution in [0.5, 0.6) is 34.5 Å². The van der Waals surface area contributed by atoms with Crippen LogP contribution in [0.2, 0.25) is 0 Å². The molecule has 13 heteroatoms. The van der Waals surface area contributed by atoms with Gasteiger partial charge >= 0.3 is 12.4 Å². The van der Waals surface area contributed by atoms with Gasteiger partial charge < -0.3 is 23.7 Å². The van der Waals surface area contributed by atoms with Crippen molar-refractivity contribution in [3.8, 4) is 34.5 Å². The highest BCUT2D eigenvalue weighted by molar-refractivity contribution is 5.45. The molecule has 0 aliphatic carbocycles. The van der Waals surface area contributed by atoms with E-state index in [0.717, 1.165) is 12.1 Å². The van der Waals surface area contributed by atoms with Gasteiger partial charge in [-0.25, -0.2) is 8.78 Å². The minimum Gasteiger partial charge on any atom is -0.487 e. The van der Waals surface area contributed by atoms with Gasteiger partial charge in [-0.1, -0.05) is 72.8 Å². The van der Waals surface area contributed by atoms with Crippen LogP contribution in [-0.2, 0) is 17.6 Å². The molecule has 0 bridgehead atoms. The lowest BCUT2D eigenvalue weighted by Crippen LogP contribution is -2.27. The van der Waals surface area contributed by atoms with E-state index in [2.05, 4.69) is 0 Å². The number of fused-ring (bicyclic) bond motifs is 2. The molecule has 4 atom stereocenters. The molecule has 0 saturated heterocycles. The number of halogens is 8. The SMILES string of the molecule is CC1(C)Cc2cc(C(CC(OC(CC(c3ccc4c(c3)CC(C)(C)O4)C(F)(F)F)c3ccc(F)c(Oc4ccccc4)c3)c3ccc(F)c(Oc4ccccc4)c3)C(F)(F)F)ccc2O1. The second-order valence-electron chi connectivity index (χ2n) is 17.8. The second kappa shape index (κ2) is 17.7. The lowest BCUT2D eigenvalue weighted by Gasteiger charge is -2.33. The van der Waals surface area contributed by atoms with Crippen LogP contribution >= 0.6 is 0 Å². The van der Waals surface area contributed by atoms with E-state index in [1.807, 2.05) is 27.7 Å². The number of hydrogen-bond donors (Lipinski definition) is 0. The van der Waals surface area contributed by atoms with E-state index in [-0.39, 0.29) is 45.3 Å². The van der Waals surface area contributed by atoms with Crippen molar-refractivity contribution in [3.05, 3.63) is 178 Å². The summed E-state index contributed by atoms with van der Waals surface area (Å²) < 4.78 is 154. The van der Waals surface area contributed by atoms with Gasteiger partial charge in [0.15, 0.2) is 23.1 Å². The molecule has 65 heavy (non-hydrogen) atoms. The van der Waals surface area contributed by atoms with Crippen LogP contribution in [0, 0.1) is 11.6 Å². The quantitative estimate of drug-likeness (QED) is 0.102. The Kier molecular flexibility index (Phi) is 12.4.